The molecule has 0 radical (unpaired) electrons. The predicted molar refractivity (Wildman–Crippen MR) is 91.9 cm³/mol. The highest BCUT2D eigenvalue weighted by Gasteiger charge is 2.52. The number of carbonyl (C=O) groups is 1. The van der Waals surface area contributed by atoms with Gasteiger partial charge in [-0.15, -0.1) is 0 Å². The third-order valence-corrected chi connectivity index (χ3v) is 4.46. The molecule has 1 N–H and O–H groups in total. The fraction of sp³-hybridized carbons (Fsp3) is 0.500. The van der Waals surface area contributed by atoms with Gasteiger partial charge in [-0.1, -0.05) is 11.6 Å². The number of hydrogen-bond acceptors (Lipinski definition) is 4. The number of hydrogen-bond donors (Lipinski definition) is 1. The van der Waals surface area contributed by atoms with Crippen LogP contribution in [0.2, 0.25) is 5.02 Å². The highest BCUT2D eigenvalue weighted by molar-refractivity contribution is 6.56. The summed E-state index contributed by atoms with van der Waals surface area (Å²) in [5, 5.41) is 2.90. The van der Waals surface area contributed by atoms with Crippen molar-refractivity contribution in [3.63, 3.8) is 0 Å². The van der Waals surface area contributed by atoms with Gasteiger partial charge in [-0.3, -0.25) is 9.78 Å². The van der Waals surface area contributed by atoms with Crippen LogP contribution in [-0.2, 0) is 14.1 Å². The fourth-order valence-corrected chi connectivity index (χ4v) is 2.27. The van der Waals surface area contributed by atoms with Gasteiger partial charge in [0.05, 0.1) is 21.9 Å². The minimum atomic E-state index is -0.710. The van der Waals surface area contributed by atoms with Crippen molar-refractivity contribution in [1.29, 1.82) is 0 Å². The molecular weight excluding hydrogens is 333 g/mol. The lowest BCUT2D eigenvalue weighted by Crippen LogP contribution is -2.41. The first-order chi connectivity index (χ1) is 11.0. The van der Waals surface area contributed by atoms with Crippen LogP contribution in [0.1, 0.15) is 40.3 Å². The molecule has 5 nitrogen and oxygen atoms in total. The van der Waals surface area contributed by atoms with Gasteiger partial charge in [0.2, 0.25) is 5.91 Å². The first kappa shape index (κ1) is 18.9. The number of pyridine rings is 1. The van der Waals surface area contributed by atoms with E-state index in [1.165, 1.54) is 25.3 Å². The van der Waals surface area contributed by atoms with Crippen LogP contribution in [-0.4, -0.2) is 35.8 Å². The van der Waals surface area contributed by atoms with E-state index in [1.807, 2.05) is 27.7 Å². The first-order valence-electron chi connectivity index (χ1n) is 7.63. The van der Waals surface area contributed by atoms with Crippen molar-refractivity contribution in [3.8, 4) is 0 Å². The average molecular weight is 355 g/mol. The molecule has 8 heteroatoms. The van der Waals surface area contributed by atoms with E-state index in [0.717, 1.165) is 0 Å². The Morgan fingerprint density at radius 3 is 2.46 bits per heavy atom. The Bertz CT molecular complexity index is 663. The van der Waals surface area contributed by atoms with E-state index in [0.29, 0.717) is 5.47 Å². The summed E-state index contributed by atoms with van der Waals surface area (Å²) in [5.41, 5.74) is -0.412. The van der Waals surface area contributed by atoms with Gasteiger partial charge in [0.25, 0.3) is 0 Å². The van der Waals surface area contributed by atoms with Gasteiger partial charge in [0.15, 0.2) is 0 Å². The number of nitrogens with zero attached hydrogens (tertiary/aromatic N) is 1. The molecule has 0 spiro atoms. The van der Waals surface area contributed by atoms with E-state index in [2.05, 4.69) is 10.3 Å². The molecular formula is C16H21BClFN2O3. The molecule has 1 fully saturated rings. The normalized spacial score (nSPS) is 19.5. The zero-order chi connectivity index (χ0) is 18.1. The van der Waals surface area contributed by atoms with E-state index in [4.69, 9.17) is 20.9 Å². The Morgan fingerprint density at radius 1 is 1.38 bits per heavy atom. The Labute approximate surface area is 146 Å². The van der Waals surface area contributed by atoms with Gasteiger partial charge in [-0.25, -0.2) is 4.39 Å². The van der Waals surface area contributed by atoms with Gasteiger partial charge in [0, 0.05) is 19.7 Å². The van der Waals surface area contributed by atoms with Crippen LogP contribution in [0.4, 0.5) is 4.39 Å². The molecule has 0 aliphatic carbocycles. The van der Waals surface area contributed by atoms with Gasteiger partial charge in [0.1, 0.15) is 5.82 Å². The molecule has 1 aromatic rings. The van der Waals surface area contributed by atoms with Gasteiger partial charge in [-0.05, 0) is 45.3 Å². The predicted octanol–water partition coefficient (Wildman–Crippen LogP) is 3.03. The molecule has 0 unspecified atom stereocenters. The third kappa shape index (κ3) is 4.15. The molecule has 0 atom stereocenters. The summed E-state index contributed by atoms with van der Waals surface area (Å²) in [6.45, 7) is 9.25. The zero-order valence-corrected chi connectivity index (χ0v) is 15.2. The van der Waals surface area contributed by atoms with Crippen molar-refractivity contribution in [2.24, 2.45) is 0 Å². The van der Waals surface area contributed by atoms with Gasteiger partial charge in [-0.2, -0.15) is 0 Å². The lowest BCUT2D eigenvalue weighted by atomic mass is 9.77. The number of rotatable bonds is 4. The van der Waals surface area contributed by atoms with Crippen molar-refractivity contribution in [2.45, 2.75) is 45.8 Å². The van der Waals surface area contributed by atoms with Crippen LogP contribution >= 0.6 is 11.6 Å². The summed E-state index contributed by atoms with van der Waals surface area (Å²) in [5.74, 6) is -0.763. The van der Waals surface area contributed by atoms with Crippen LogP contribution in [0.3, 0.4) is 0 Å². The van der Waals surface area contributed by atoms with Crippen LogP contribution in [0.15, 0.2) is 17.7 Å². The minimum Gasteiger partial charge on any atom is -0.400 e. The van der Waals surface area contributed by atoms with E-state index in [-0.39, 0.29) is 23.2 Å². The molecule has 1 amide bonds. The highest BCUT2D eigenvalue weighted by atomic mass is 35.5. The Morgan fingerprint density at radius 2 is 1.96 bits per heavy atom. The van der Waals surface area contributed by atoms with Crippen molar-refractivity contribution >= 4 is 30.7 Å². The molecule has 130 valence electrons. The monoisotopic (exact) mass is 354 g/mol. The van der Waals surface area contributed by atoms with Gasteiger partial charge < -0.3 is 14.6 Å². The Kier molecular flexibility index (Phi) is 5.37. The summed E-state index contributed by atoms with van der Waals surface area (Å²) >= 11 is 5.73. The summed E-state index contributed by atoms with van der Waals surface area (Å²) in [6, 6.07) is 1.18. The van der Waals surface area contributed by atoms with Crippen molar-refractivity contribution < 1.29 is 18.5 Å². The van der Waals surface area contributed by atoms with Crippen molar-refractivity contribution in [3.05, 3.63) is 34.3 Å². The van der Waals surface area contributed by atoms with E-state index < -0.39 is 24.1 Å². The van der Waals surface area contributed by atoms with Crippen LogP contribution in [0.5, 0.6) is 0 Å². The topological polar surface area (TPSA) is 60.5 Å². The summed E-state index contributed by atoms with van der Waals surface area (Å²) in [7, 11) is -0.710. The summed E-state index contributed by atoms with van der Waals surface area (Å²) in [6.07, 6.45) is 2.88. The molecule has 0 bridgehead atoms. The van der Waals surface area contributed by atoms with Crippen molar-refractivity contribution in [2.75, 3.05) is 6.54 Å². The number of amides is 1. The van der Waals surface area contributed by atoms with E-state index >= 15 is 0 Å². The van der Waals surface area contributed by atoms with Crippen LogP contribution in [0.25, 0.3) is 6.08 Å². The van der Waals surface area contributed by atoms with Crippen molar-refractivity contribution in [1.82, 2.24) is 10.3 Å². The SMILES string of the molecule is CC(=O)NCC(=Cc1ncc(Cl)cc1F)B1OC(C)(C)C(C)(C)O1. The lowest BCUT2D eigenvalue weighted by Gasteiger charge is -2.32. The minimum absolute atomic E-state index is 0.106. The number of aromatic nitrogens is 1. The number of carbonyl (C=O) groups excluding carboxylic acids is 1. The molecule has 1 aliphatic heterocycles. The highest BCUT2D eigenvalue weighted by Crippen LogP contribution is 2.38. The molecule has 1 aliphatic rings. The molecule has 2 rings (SSSR count). The second-order valence-electron chi connectivity index (χ2n) is 6.74. The first-order valence-corrected chi connectivity index (χ1v) is 8.01. The molecule has 1 aromatic heterocycles. The number of nitrogens with one attached hydrogen (secondary N) is 1. The maximum absolute atomic E-state index is 14.0. The smallest absolute Gasteiger partial charge is 0.400 e. The third-order valence-electron chi connectivity index (χ3n) is 4.26. The standard InChI is InChI=1S/C16H21BClFN2O3/c1-10(22)20-8-11(6-14-13(19)7-12(18)9-21-14)17-23-15(2,3)16(4,5)24-17/h6-7,9H,8H2,1-5H3,(H,20,22). The summed E-state index contributed by atoms with van der Waals surface area (Å²) in [4.78, 5) is 15.2. The second-order valence-corrected chi connectivity index (χ2v) is 7.17. The van der Waals surface area contributed by atoms with Crippen LogP contribution in [0, 0.1) is 5.82 Å². The maximum Gasteiger partial charge on any atom is 0.492 e. The average Bonchev–Trinajstić information content (AvgIpc) is 2.65. The Balaban J connectivity index is 2.35. The molecule has 24 heavy (non-hydrogen) atoms. The summed E-state index contributed by atoms with van der Waals surface area (Å²) < 4.78 is 26.0. The van der Waals surface area contributed by atoms with Crippen LogP contribution < -0.4 is 5.32 Å². The number of halogens is 2. The molecule has 2 heterocycles. The second kappa shape index (κ2) is 6.82. The molecule has 0 saturated carbocycles. The fourth-order valence-electron chi connectivity index (χ4n) is 2.13. The van der Waals surface area contributed by atoms with Gasteiger partial charge >= 0.3 is 7.12 Å². The van der Waals surface area contributed by atoms with E-state index in [1.54, 1.807) is 0 Å². The lowest BCUT2D eigenvalue weighted by molar-refractivity contribution is -0.118. The zero-order valence-electron chi connectivity index (χ0n) is 14.4. The molecule has 1 saturated heterocycles. The maximum atomic E-state index is 14.0. The largest absolute Gasteiger partial charge is 0.492 e. The quantitative estimate of drug-likeness (QED) is 0.844. The van der Waals surface area contributed by atoms with E-state index in [9.17, 15) is 9.18 Å². The molecule has 0 aromatic carbocycles. The Hall–Kier alpha value is -1.44.